The smallest absolute Gasteiger partial charge is 0.308 e. The third-order valence-corrected chi connectivity index (χ3v) is 8.95. The molecule has 2 saturated heterocycles. The Morgan fingerprint density at radius 1 is 0.974 bits per heavy atom. The van der Waals surface area contributed by atoms with Crippen molar-refractivity contribution >= 4 is 11.8 Å². The molecule has 224 valence electrons. The Kier molecular flexibility index (Phi) is 10.8. The number of aliphatic hydroxyl groups excluding tert-OH is 4. The third kappa shape index (κ3) is 7.28. The molecule has 4 N–H and O–H groups in total. The highest BCUT2D eigenvalue weighted by Crippen LogP contribution is 2.44. The third-order valence-electron chi connectivity index (χ3n) is 8.95. The normalized spacial score (nSPS) is 48.3. The van der Waals surface area contributed by atoms with Crippen molar-refractivity contribution < 1.29 is 49.0 Å². The summed E-state index contributed by atoms with van der Waals surface area (Å²) in [5, 5.41) is 42.2. The highest BCUT2D eigenvalue weighted by molar-refractivity contribution is 5.91. The summed E-state index contributed by atoms with van der Waals surface area (Å²) in [6, 6.07) is 0. The van der Waals surface area contributed by atoms with Crippen LogP contribution < -0.4 is 0 Å². The quantitative estimate of drug-likeness (QED) is 0.298. The average Bonchev–Trinajstić information content (AvgIpc) is 3.58. The van der Waals surface area contributed by atoms with E-state index in [4.69, 9.17) is 18.9 Å². The lowest BCUT2D eigenvalue weighted by Crippen LogP contribution is -2.59. The lowest BCUT2D eigenvalue weighted by molar-refractivity contribution is -0.314. The Balaban J connectivity index is 1.91. The van der Waals surface area contributed by atoms with Crippen LogP contribution >= 0.6 is 0 Å². The van der Waals surface area contributed by atoms with E-state index >= 15 is 0 Å². The fourth-order valence-electron chi connectivity index (χ4n) is 6.01. The molecule has 14 unspecified atom stereocenters. The molecule has 0 amide bonds. The maximum absolute atomic E-state index is 13.1. The number of esters is 1. The van der Waals surface area contributed by atoms with E-state index in [2.05, 4.69) is 0 Å². The van der Waals surface area contributed by atoms with Gasteiger partial charge in [0, 0.05) is 17.8 Å². The second-order valence-corrected chi connectivity index (χ2v) is 12.0. The van der Waals surface area contributed by atoms with Crippen molar-refractivity contribution in [2.45, 2.75) is 135 Å². The van der Waals surface area contributed by atoms with E-state index in [-0.39, 0.29) is 36.1 Å². The number of hydrogen-bond acceptors (Lipinski definition) is 10. The number of hydrogen-bond donors (Lipinski definition) is 4. The van der Waals surface area contributed by atoms with E-state index < -0.39 is 66.5 Å². The minimum Gasteiger partial charge on any atom is -0.462 e. The van der Waals surface area contributed by atoms with Crippen LogP contribution in [0, 0.1) is 23.7 Å². The summed E-state index contributed by atoms with van der Waals surface area (Å²) in [4.78, 5) is 26.0. The summed E-state index contributed by atoms with van der Waals surface area (Å²) in [7, 11) is 0. The zero-order valence-corrected chi connectivity index (χ0v) is 24.2. The van der Waals surface area contributed by atoms with Gasteiger partial charge in [-0.05, 0) is 44.8 Å². The van der Waals surface area contributed by atoms with E-state index in [1.807, 2.05) is 34.6 Å². The first-order valence-electron chi connectivity index (χ1n) is 14.4. The number of ether oxygens (including phenoxy) is 4. The number of fused-ring (bicyclic) bond motifs is 1. The molecule has 3 heterocycles. The van der Waals surface area contributed by atoms with Crippen LogP contribution in [0.25, 0.3) is 0 Å². The summed E-state index contributed by atoms with van der Waals surface area (Å²) in [5.41, 5.74) is -0.619. The van der Waals surface area contributed by atoms with Crippen LogP contribution in [0.4, 0.5) is 0 Å². The summed E-state index contributed by atoms with van der Waals surface area (Å²) in [6.07, 6.45) is -4.19. The molecule has 3 aliphatic heterocycles. The van der Waals surface area contributed by atoms with Gasteiger partial charge in [-0.15, -0.1) is 0 Å². The van der Waals surface area contributed by atoms with Gasteiger partial charge in [0.25, 0.3) is 0 Å². The maximum Gasteiger partial charge on any atom is 0.308 e. The first kappa shape index (κ1) is 32.1. The van der Waals surface area contributed by atoms with Crippen molar-refractivity contribution in [1.82, 2.24) is 0 Å². The fourth-order valence-corrected chi connectivity index (χ4v) is 6.01. The number of cyclic esters (lactones) is 1. The van der Waals surface area contributed by atoms with Crippen LogP contribution in [0.3, 0.4) is 0 Å². The van der Waals surface area contributed by atoms with Gasteiger partial charge in [-0.3, -0.25) is 9.59 Å². The lowest BCUT2D eigenvalue weighted by atomic mass is 9.79. The van der Waals surface area contributed by atoms with Crippen LogP contribution in [-0.2, 0) is 28.5 Å². The molecule has 14 atom stereocenters. The molecule has 0 bridgehead atoms. The molecule has 0 radical (unpaired) electrons. The largest absolute Gasteiger partial charge is 0.462 e. The SMILES string of the molecule is CCC1CC(C)C(=O)C=CC2(C)OC2C(C)C(CC)OC(=O)CC(O)C(C)C1OC1OC(C)C(O)C(O)C1O. The summed E-state index contributed by atoms with van der Waals surface area (Å²) >= 11 is 0. The minimum absolute atomic E-state index is 0.0600. The van der Waals surface area contributed by atoms with E-state index in [9.17, 15) is 30.0 Å². The molecule has 3 rings (SSSR count). The molecule has 39 heavy (non-hydrogen) atoms. The van der Waals surface area contributed by atoms with Crippen molar-refractivity contribution in [3.05, 3.63) is 12.2 Å². The van der Waals surface area contributed by atoms with Crippen molar-refractivity contribution in [2.75, 3.05) is 0 Å². The van der Waals surface area contributed by atoms with E-state index in [1.54, 1.807) is 26.0 Å². The summed E-state index contributed by atoms with van der Waals surface area (Å²) in [5.74, 6) is -1.95. The van der Waals surface area contributed by atoms with Crippen molar-refractivity contribution in [2.24, 2.45) is 23.7 Å². The number of carbonyl (C=O) groups excluding carboxylic acids is 2. The predicted molar refractivity (Wildman–Crippen MR) is 141 cm³/mol. The average molecular weight is 557 g/mol. The van der Waals surface area contributed by atoms with Crippen molar-refractivity contribution in [3.8, 4) is 0 Å². The van der Waals surface area contributed by atoms with Crippen LogP contribution in [0.5, 0.6) is 0 Å². The van der Waals surface area contributed by atoms with Gasteiger partial charge in [-0.1, -0.05) is 41.0 Å². The number of epoxide rings is 1. The highest BCUT2D eigenvalue weighted by Gasteiger charge is 2.55. The van der Waals surface area contributed by atoms with Crippen molar-refractivity contribution in [3.63, 3.8) is 0 Å². The maximum atomic E-state index is 13.1. The van der Waals surface area contributed by atoms with Crippen LogP contribution in [0.15, 0.2) is 12.2 Å². The topological polar surface area (TPSA) is 155 Å². The van der Waals surface area contributed by atoms with E-state index in [0.717, 1.165) is 0 Å². The first-order chi connectivity index (χ1) is 18.2. The minimum atomic E-state index is -1.52. The van der Waals surface area contributed by atoms with Gasteiger partial charge in [0.1, 0.15) is 30.0 Å². The molecular weight excluding hydrogens is 508 g/mol. The van der Waals surface area contributed by atoms with Gasteiger partial charge in [0.05, 0.1) is 30.8 Å². The molecule has 0 aliphatic carbocycles. The Bertz CT molecular complexity index is 878. The number of carbonyl (C=O) groups is 2. The molecule has 3 aliphatic rings. The summed E-state index contributed by atoms with van der Waals surface area (Å²) in [6.45, 7) is 12.9. The van der Waals surface area contributed by atoms with Gasteiger partial charge in [0.2, 0.25) is 0 Å². The molecule has 0 aromatic rings. The van der Waals surface area contributed by atoms with Gasteiger partial charge in [-0.2, -0.15) is 0 Å². The van der Waals surface area contributed by atoms with Crippen LogP contribution in [0.2, 0.25) is 0 Å². The fraction of sp³-hybridized carbons (Fsp3) is 0.862. The highest BCUT2D eigenvalue weighted by atomic mass is 16.7. The zero-order valence-electron chi connectivity index (χ0n) is 24.2. The molecule has 0 aromatic carbocycles. The Hall–Kier alpha value is -1.40. The van der Waals surface area contributed by atoms with Gasteiger partial charge < -0.3 is 39.4 Å². The number of aliphatic hydroxyl groups is 4. The zero-order chi connectivity index (χ0) is 29.2. The number of ketones is 1. The number of allylic oxidation sites excluding steroid dienone is 1. The second kappa shape index (κ2) is 13.1. The lowest BCUT2D eigenvalue weighted by Gasteiger charge is -2.43. The van der Waals surface area contributed by atoms with Crippen LogP contribution in [0.1, 0.15) is 74.1 Å². The Morgan fingerprint density at radius 2 is 1.64 bits per heavy atom. The summed E-state index contributed by atoms with van der Waals surface area (Å²) < 4.78 is 23.6. The van der Waals surface area contributed by atoms with E-state index in [1.165, 1.54) is 0 Å². The molecule has 10 heteroatoms. The molecule has 0 spiro atoms. The molecule has 2 fully saturated rings. The van der Waals surface area contributed by atoms with Gasteiger partial charge in [-0.25, -0.2) is 0 Å². The van der Waals surface area contributed by atoms with Gasteiger partial charge >= 0.3 is 5.97 Å². The molecule has 0 saturated carbocycles. The van der Waals surface area contributed by atoms with E-state index in [0.29, 0.717) is 19.3 Å². The predicted octanol–water partition coefficient (Wildman–Crippen LogP) is 1.89. The van der Waals surface area contributed by atoms with Gasteiger partial charge in [0.15, 0.2) is 12.1 Å². The number of rotatable bonds is 4. The van der Waals surface area contributed by atoms with Crippen molar-refractivity contribution in [1.29, 1.82) is 0 Å². The molecule has 10 nitrogen and oxygen atoms in total. The van der Waals surface area contributed by atoms with Crippen LogP contribution in [-0.4, -0.2) is 92.9 Å². The first-order valence-corrected chi connectivity index (χ1v) is 14.4. The standard InChI is InChI=1S/C29H48O10/c1-8-18-12-14(3)19(30)10-11-29(7)27(39-29)16(5)21(9-2)37-22(32)13-20(31)15(4)26(18)38-28-25(35)24(34)23(33)17(6)36-28/h10-11,14-18,20-21,23-28,31,33-35H,8-9,12-13H2,1-7H3. The second-order valence-electron chi connectivity index (χ2n) is 12.0. The monoisotopic (exact) mass is 556 g/mol. The molecule has 0 aromatic heterocycles. The molecular formula is C29H48O10. The Labute approximate surface area is 231 Å². The Morgan fingerprint density at radius 3 is 2.26 bits per heavy atom.